The Labute approximate surface area is 166 Å². The Hall–Kier alpha value is -1.88. The van der Waals surface area contributed by atoms with Crippen molar-refractivity contribution in [3.63, 3.8) is 0 Å². The van der Waals surface area contributed by atoms with E-state index in [0.29, 0.717) is 24.6 Å². The van der Waals surface area contributed by atoms with Crippen molar-refractivity contribution in [2.75, 3.05) is 6.54 Å². The number of carbonyl (C=O) groups excluding carboxylic acids is 1. The molecule has 5 nitrogen and oxygen atoms in total. The zero-order chi connectivity index (χ0) is 19.4. The highest BCUT2D eigenvalue weighted by Crippen LogP contribution is 2.26. The van der Waals surface area contributed by atoms with Gasteiger partial charge in [-0.05, 0) is 37.3 Å². The van der Waals surface area contributed by atoms with E-state index in [0.717, 1.165) is 42.8 Å². The minimum Gasteiger partial charge on any atom is -0.339 e. The fourth-order valence-corrected chi connectivity index (χ4v) is 3.70. The predicted octanol–water partition coefficient (Wildman–Crippen LogP) is 4.58. The number of hydrogen-bond acceptors (Lipinski definition) is 4. The topological polar surface area (TPSA) is 59.2 Å². The molecule has 1 saturated heterocycles. The van der Waals surface area contributed by atoms with Gasteiger partial charge in [0.05, 0.1) is 0 Å². The number of nitrogens with zero attached hydrogens (tertiary/aromatic N) is 3. The Morgan fingerprint density at radius 2 is 2.11 bits per heavy atom. The molecule has 1 aliphatic rings. The van der Waals surface area contributed by atoms with Gasteiger partial charge in [0.1, 0.15) is 0 Å². The van der Waals surface area contributed by atoms with Crippen LogP contribution in [0.25, 0.3) is 0 Å². The zero-order valence-electron chi connectivity index (χ0n) is 16.4. The van der Waals surface area contributed by atoms with Crippen molar-refractivity contribution < 1.29 is 9.32 Å². The predicted molar refractivity (Wildman–Crippen MR) is 106 cm³/mol. The SMILES string of the molecule is CC(C)(C)c1noc(CCCC(=O)N2CCCC2Cc2ccccc2Cl)n1. The molecule has 1 unspecified atom stereocenters. The van der Waals surface area contributed by atoms with Crippen molar-refractivity contribution in [2.45, 2.75) is 70.8 Å². The number of halogens is 1. The Balaban J connectivity index is 1.51. The first-order valence-electron chi connectivity index (χ1n) is 9.70. The van der Waals surface area contributed by atoms with Gasteiger partial charge < -0.3 is 9.42 Å². The number of amides is 1. The van der Waals surface area contributed by atoms with Gasteiger partial charge in [0.25, 0.3) is 0 Å². The number of rotatable bonds is 6. The summed E-state index contributed by atoms with van der Waals surface area (Å²) in [5.74, 6) is 1.53. The first kappa shape index (κ1) is 19.9. The van der Waals surface area contributed by atoms with E-state index in [1.54, 1.807) is 0 Å². The van der Waals surface area contributed by atoms with Crippen LogP contribution in [0.1, 0.15) is 63.7 Å². The fraction of sp³-hybridized carbons (Fsp3) is 0.571. The van der Waals surface area contributed by atoms with Crippen LogP contribution < -0.4 is 0 Å². The molecular weight excluding hydrogens is 362 g/mol. The van der Waals surface area contributed by atoms with Crippen molar-refractivity contribution in [1.82, 2.24) is 15.0 Å². The first-order chi connectivity index (χ1) is 12.8. The van der Waals surface area contributed by atoms with Gasteiger partial charge in [-0.25, -0.2) is 0 Å². The molecule has 0 radical (unpaired) electrons. The Morgan fingerprint density at radius 3 is 2.81 bits per heavy atom. The number of aromatic nitrogens is 2. The van der Waals surface area contributed by atoms with Crippen molar-refractivity contribution in [2.24, 2.45) is 0 Å². The standard InChI is InChI=1S/C21H28ClN3O2/c1-21(2,3)20-23-18(27-24-20)11-6-12-19(26)25-13-7-9-16(25)14-15-8-4-5-10-17(15)22/h4-5,8,10,16H,6-7,9,11-14H2,1-3H3. The highest BCUT2D eigenvalue weighted by atomic mass is 35.5. The monoisotopic (exact) mass is 389 g/mol. The van der Waals surface area contributed by atoms with Gasteiger partial charge in [-0.15, -0.1) is 0 Å². The molecule has 2 aromatic rings. The summed E-state index contributed by atoms with van der Waals surface area (Å²) in [4.78, 5) is 19.2. The van der Waals surface area contributed by atoms with Gasteiger partial charge in [-0.2, -0.15) is 4.98 Å². The molecule has 1 aliphatic heterocycles. The van der Waals surface area contributed by atoms with Crippen LogP contribution in [0, 0.1) is 0 Å². The molecule has 1 aromatic carbocycles. The number of benzene rings is 1. The fourth-order valence-electron chi connectivity index (χ4n) is 3.49. The summed E-state index contributed by atoms with van der Waals surface area (Å²) >= 11 is 6.29. The average Bonchev–Trinajstić information content (AvgIpc) is 3.26. The summed E-state index contributed by atoms with van der Waals surface area (Å²) in [5, 5.41) is 4.82. The van der Waals surface area contributed by atoms with Crippen LogP contribution in [0.5, 0.6) is 0 Å². The number of aryl methyl sites for hydroxylation is 1. The number of hydrogen-bond donors (Lipinski definition) is 0. The third-order valence-electron chi connectivity index (χ3n) is 5.03. The van der Waals surface area contributed by atoms with E-state index in [2.05, 4.69) is 30.9 Å². The van der Waals surface area contributed by atoms with Gasteiger partial charge in [-0.1, -0.05) is 55.7 Å². The van der Waals surface area contributed by atoms with Crippen LogP contribution in [0.4, 0.5) is 0 Å². The maximum Gasteiger partial charge on any atom is 0.226 e. The summed E-state index contributed by atoms with van der Waals surface area (Å²) in [6.45, 7) is 7.00. The molecule has 27 heavy (non-hydrogen) atoms. The quantitative estimate of drug-likeness (QED) is 0.725. The normalized spacial score (nSPS) is 17.5. The van der Waals surface area contributed by atoms with E-state index in [1.165, 1.54) is 0 Å². The van der Waals surface area contributed by atoms with Gasteiger partial charge >= 0.3 is 0 Å². The lowest BCUT2D eigenvalue weighted by molar-refractivity contribution is -0.132. The van der Waals surface area contributed by atoms with Crippen LogP contribution >= 0.6 is 11.6 Å². The van der Waals surface area contributed by atoms with E-state index < -0.39 is 0 Å². The molecule has 0 N–H and O–H groups in total. The molecule has 1 amide bonds. The number of likely N-dealkylation sites (tertiary alicyclic amines) is 1. The lowest BCUT2D eigenvalue weighted by atomic mass is 9.96. The molecule has 0 spiro atoms. The largest absolute Gasteiger partial charge is 0.339 e. The second kappa shape index (κ2) is 8.42. The minimum absolute atomic E-state index is 0.126. The van der Waals surface area contributed by atoms with Gasteiger partial charge in [0.2, 0.25) is 11.8 Å². The van der Waals surface area contributed by atoms with E-state index >= 15 is 0 Å². The molecule has 1 aromatic heterocycles. The lowest BCUT2D eigenvalue weighted by Gasteiger charge is -2.25. The third kappa shape index (κ3) is 5.10. The van der Waals surface area contributed by atoms with E-state index in [1.807, 2.05) is 29.2 Å². The van der Waals surface area contributed by atoms with Crippen molar-refractivity contribution in [3.8, 4) is 0 Å². The molecular formula is C21H28ClN3O2. The van der Waals surface area contributed by atoms with E-state index in [9.17, 15) is 4.79 Å². The molecule has 3 rings (SSSR count). The van der Waals surface area contributed by atoms with E-state index in [4.69, 9.17) is 16.1 Å². The van der Waals surface area contributed by atoms with Crippen LogP contribution in [0.3, 0.4) is 0 Å². The molecule has 0 saturated carbocycles. The summed E-state index contributed by atoms with van der Waals surface area (Å²) in [6.07, 6.45) is 4.78. The van der Waals surface area contributed by atoms with Crippen molar-refractivity contribution in [1.29, 1.82) is 0 Å². The lowest BCUT2D eigenvalue weighted by Crippen LogP contribution is -2.36. The Kier molecular flexibility index (Phi) is 6.20. The second-order valence-corrected chi connectivity index (χ2v) is 8.70. The summed E-state index contributed by atoms with van der Waals surface area (Å²) in [6, 6.07) is 8.14. The first-order valence-corrected chi connectivity index (χ1v) is 10.1. The minimum atomic E-state index is -0.126. The van der Waals surface area contributed by atoms with Crippen molar-refractivity contribution >= 4 is 17.5 Å². The molecule has 1 fully saturated rings. The van der Waals surface area contributed by atoms with Crippen LogP contribution in [-0.2, 0) is 23.1 Å². The smallest absolute Gasteiger partial charge is 0.226 e. The zero-order valence-corrected chi connectivity index (χ0v) is 17.1. The summed E-state index contributed by atoms with van der Waals surface area (Å²) in [5.41, 5.74) is 0.989. The van der Waals surface area contributed by atoms with Crippen LogP contribution in [0.2, 0.25) is 5.02 Å². The van der Waals surface area contributed by atoms with Gasteiger partial charge in [-0.3, -0.25) is 4.79 Å². The Morgan fingerprint density at radius 1 is 1.33 bits per heavy atom. The van der Waals surface area contributed by atoms with Gasteiger partial charge in [0.15, 0.2) is 5.82 Å². The molecule has 2 heterocycles. The molecule has 6 heteroatoms. The van der Waals surface area contributed by atoms with Crippen LogP contribution in [-0.4, -0.2) is 33.5 Å². The van der Waals surface area contributed by atoms with Crippen molar-refractivity contribution in [3.05, 3.63) is 46.6 Å². The molecule has 146 valence electrons. The molecule has 0 aliphatic carbocycles. The second-order valence-electron chi connectivity index (χ2n) is 8.29. The maximum absolute atomic E-state index is 12.7. The van der Waals surface area contributed by atoms with E-state index in [-0.39, 0.29) is 17.4 Å². The Bertz CT molecular complexity index is 782. The molecule has 1 atom stereocenters. The maximum atomic E-state index is 12.7. The molecule has 0 bridgehead atoms. The van der Waals surface area contributed by atoms with Crippen LogP contribution in [0.15, 0.2) is 28.8 Å². The highest BCUT2D eigenvalue weighted by molar-refractivity contribution is 6.31. The summed E-state index contributed by atoms with van der Waals surface area (Å²) < 4.78 is 5.31. The highest BCUT2D eigenvalue weighted by Gasteiger charge is 2.29. The summed E-state index contributed by atoms with van der Waals surface area (Å²) in [7, 11) is 0. The average molecular weight is 390 g/mol. The van der Waals surface area contributed by atoms with Gasteiger partial charge in [0, 0.05) is 35.9 Å². The number of carbonyl (C=O) groups is 1. The third-order valence-corrected chi connectivity index (χ3v) is 5.40.